The van der Waals surface area contributed by atoms with Crippen LogP contribution in [0.2, 0.25) is 0 Å². The number of hydrogen-bond donors (Lipinski definition) is 0. The van der Waals surface area contributed by atoms with Gasteiger partial charge in [0, 0.05) is 42.5 Å². The highest BCUT2D eigenvalue weighted by Gasteiger charge is 2.53. The predicted molar refractivity (Wildman–Crippen MR) is 289 cm³/mol. The van der Waals surface area contributed by atoms with Gasteiger partial charge in [0.15, 0.2) is 0 Å². The van der Waals surface area contributed by atoms with Crippen molar-refractivity contribution in [2.24, 2.45) is 0 Å². The van der Waals surface area contributed by atoms with Gasteiger partial charge in [0.1, 0.15) is 0 Å². The Balaban J connectivity index is 1.05. The summed E-state index contributed by atoms with van der Waals surface area (Å²) in [4.78, 5) is 2.55. The van der Waals surface area contributed by atoms with Crippen LogP contribution in [-0.4, -0.2) is 0 Å². The molecule has 4 aliphatic carbocycles. The van der Waals surface area contributed by atoms with E-state index in [1.807, 2.05) is 11.3 Å². The molecule has 4 aliphatic rings. The van der Waals surface area contributed by atoms with Crippen molar-refractivity contribution in [2.75, 3.05) is 4.90 Å². The van der Waals surface area contributed by atoms with Crippen molar-refractivity contribution >= 4 is 48.6 Å². The van der Waals surface area contributed by atoms with Crippen LogP contribution in [0.3, 0.4) is 0 Å². The molecule has 0 amide bonds. The molecule has 0 saturated carbocycles. The molecule has 10 aromatic rings. The molecule has 0 aliphatic heterocycles. The molecule has 1 aromatic heterocycles. The number of para-hydroxylation sites is 1. The molecule has 0 radical (unpaired) electrons. The average molecular weight is 892 g/mol. The molecule has 0 bridgehead atoms. The van der Waals surface area contributed by atoms with E-state index >= 15 is 0 Å². The molecule has 9 aromatic carbocycles. The zero-order chi connectivity index (χ0) is 45.9. The van der Waals surface area contributed by atoms with Crippen LogP contribution in [0.25, 0.3) is 64.7 Å². The smallest absolute Gasteiger partial charge is 0.0725 e. The Morgan fingerprint density at radius 1 is 0.353 bits per heavy atom. The number of rotatable bonds is 4. The maximum absolute atomic E-state index is 2.67. The molecule has 14 rings (SSSR count). The van der Waals surface area contributed by atoms with Gasteiger partial charge in [-0.2, -0.15) is 0 Å². The van der Waals surface area contributed by atoms with Crippen LogP contribution in [0.1, 0.15) is 98.9 Å². The number of anilines is 3. The third-order valence-electron chi connectivity index (χ3n) is 17.0. The Hall–Kier alpha value is -7.00. The van der Waals surface area contributed by atoms with E-state index in [0.717, 1.165) is 17.1 Å². The lowest BCUT2D eigenvalue weighted by Gasteiger charge is -2.43. The van der Waals surface area contributed by atoms with Crippen molar-refractivity contribution in [3.8, 4) is 44.5 Å². The minimum atomic E-state index is -0.436. The van der Waals surface area contributed by atoms with E-state index in [4.69, 9.17) is 0 Å². The number of benzene rings is 9. The molecule has 328 valence electrons. The Bertz CT molecular complexity index is 3750. The lowest BCUT2D eigenvalue weighted by Crippen LogP contribution is -2.35. The Labute approximate surface area is 404 Å². The van der Waals surface area contributed by atoms with Crippen molar-refractivity contribution in [2.45, 2.75) is 76.0 Å². The Morgan fingerprint density at radius 3 is 1.59 bits per heavy atom. The van der Waals surface area contributed by atoms with Gasteiger partial charge in [-0.25, -0.2) is 0 Å². The van der Waals surface area contributed by atoms with Gasteiger partial charge in [-0.15, -0.1) is 11.3 Å². The van der Waals surface area contributed by atoms with Crippen LogP contribution in [-0.2, 0) is 21.7 Å². The standard InChI is InChI=1S/C66H53NS/c1-63(2)33-34-64(3,4)59-39-57-50(38-58(59)63)49-36-41(28-31-56(49)66(57)54-23-13-8-18-44(54)45-19-9-14-24-55(45)66)67(42-29-32-62-51(37-42)47-21-11-16-26-61(47)68-62)60-25-15-10-17-43(60)40-27-30-53-48(35-40)46-20-7-12-22-52(46)65(53,5)6/h7-32,35-39H,33-34H2,1-6H3. The van der Waals surface area contributed by atoms with Crippen molar-refractivity contribution in [1.29, 1.82) is 0 Å². The van der Waals surface area contributed by atoms with Crippen molar-refractivity contribution in [3.05, 3.63) is 233 Å². The Kier molecular flexibility index (Phi) is 8.14. The quantitative estimate of drug-likeness (QED) is 0.170. The molecule has 68 heavy (non-hydrogen) atoms. The number of hydrogen-bond acceptors (Lipinski definition) is 2. The summed E-state index contributed by atoms with van der Waals surface area (Å²) in [5, 5.41) is 2.60. The first-order chi connectivity index (χ1) is 32.9. The van der Waals surface area contributed by atoms with Crippen molar-refractivity contribution in [3.63, 3.8) is 0 Å². The average Bonchev–Trinajstić information content (AvgIpc) is 4.04. The first-order valence-electron chi connectivity index (χ1n) is 24.5. The van der Waals surface area contributed by atoms with E-state index in [1.165, 1.54) is 122 Å². The molecule has 1 nitrogen and oxygen atoms in total. The second-order valence-electron chi connectivity index (χ2n) is 21.8. The van der Waals surface area contributed by atoms with Gasteiger partial charge in [-0.1, -0.05) is 175 Å². The largest absolute Gasteiger partial charge is 0.310 e. The minimum Gasteiger partial charge on any atom is -0.310 e. The molecule has 0 atom stereocenters. The minimum absolute atomic E-state index is 0.0582. The Morgan fingerprint density at radius 2 is 0.853 bits per heavy atom. The normalized spacial score (nSPS) is 16.7. The van der Waals surface area contributed by atoms with Gasteiger partial charge in [0.05, 0.1) is 11.1 Å². The molecule has 0 N–H and O–H groups in total. The number of thiophene rings is 1. The second kappa shape index (κ2) is 13.8. The van der Waals surface area contributed by atoms with Gasteiger partial charge < -0.3 is 4.90 Å². The highest BCUT2D eigenvalue weighted by atomic mass is 32.1. The maximum Gasteiger partial charge on any atom is 0.0725 e. The van der Waals surface area contributed by atoms with Gasteiger partial charge in [-0.05, 0) is 162 Å². The highest BCUT2D eigenvalue weighted by molar-refractivity contribution is 7.25. The van der Waals surface area contributed by atoms with Gasteiger partial charge >= 0.3 is 0 Å². The molecular weight excluding hydrogens is 839 g/mol. The van der Waals surface area contributed by atoms with Crippen LogP contribution < -0.4 is 4.90 Å². The van der Waals surface area contributed by atoms with Crippen molar-refractivity contribution in [1.82, 2.24) is 0 Å². The summed E-state index contributed by atoms with van der Waals surface area (Å²) in [5.41, 5.74) is 25.0. The molecule has 0 saturated heterocycles. The summed E-state index contributed by atoms with van der Waals surface area (Å²) in [6.07, 6.45) is 2.35. The molecule has 0 fully saturated rings. The van der Waals surface area contributed by atoms with E-state index in [2.05, 4.69) is 234 Å². The fourth-order valence-electron chi connectivity index (χ4n) is 13.4. The molecule has 1 heterocycles. The molecular formula is C66H53NS. The van der Waals surface area contributed by atoms with Gasteiger partial charge in [-0.3, -0.25) is 0 Å². The summed E-state index contributed by atoms with van der Waals surface area (Å²) < 4.78 is 2.63. The van der Waals surface area contributed by atoms with E-state index in [1.54, 1.807) is 0 Å². The van der Waals surface area contributed by atoms with Gasteiger partial charge in [0.25, 0.3) is 0 Å². The monoisotopic (exact) mass is 891 g/mol. The predicted octanol–water partition coefficient (Wildman–Crippen LogP) is 18.2. The molecule has 1 spiro atoms. The summed E-state index contributed by atoms with van der Waals surface area (Å²) >= 11 is 1.88. The fourth-order valence-corrected chi connectivity index (χ4v) is 14.5. The van der Waals surface area contributed by atoms with E-state index < -0.39 is 5.41 Å². The van der Waals surface area contributed by atoms with E-state index in [9.17, 15) is 0 Å². The second-order valence-corrected chi connectivity index (χ2v) is 22.9. The van der Waals surface area contributed by atoms with Crippen LogP contribution in [0.4, 0.5) is 17.1 Å². The summed E-state index contributed by atoms with van der Waals surface area (Å²) in [6, 6.07) is 72.6. The van der Waals surface area contributed by atoms with Crippen molar-refractivity contribution < 1.29 is 0 Å². The first-order valence-corrected chi connectivity index (χ1v) is 25.4. The zero-order valence-corrected chi connectivity index (χ0v) is 40.5. The number of nitrogens with zero attached hydrogens (tertiary/aromatic N) is 1. The van der Waals surface area contributed by atoms with Crippen LogP contribution in [0, 0.1) is 0 Å². The van der Waals surface area contributed by atoms with Crippen LogP contribution >= 0.6 is 11.3 Å². The first kappa shape index (κ1) is 40.1. The summed E-state index contributed by atoms with van der Waals surface area (Å²) in [7, 11) is 0. The van der Waals surface area contributed by atoms with Crippen LogP contribution in [0.5, 0.6) is 0 Å². The number of fused-ring (bicyclic) bond motifs is 17. The molecule has 0 unspecified atom stereocenters. The SMILES string of the molecule is CC1(C)CCC(C)(C)c2cc3c(cc21)-c1cc(N(c2ccc4sc5ccccc5c4c2)c2ccccc2-c2ccc4c(c2)-c2ccccc2C4(C)C)ccc1C31c2ccccc2-c2ccccc21. The topological polar surface area (TPSA) is 3.24 Å². The highest BCUT2D eigenvalue weighted by Crippen LogP contribution is 2.65. The zero-order valence-electron chi connectivity index (χ0n) is 39.7. The van der Waals surface area contributed by atoms with Crippen LogP contribution in [0.15, 0.2) is 188 Å². The van der Waals surface area contributed by atoms with E-state index in [0.29, 0.717) is 0 Å². The lowest BCUT2D eigenvalue weighted by atomic mass is 9.61. The summed E-state index contributed by atoms with van der Waals surface area (Å²) in [6.45, 7) is 14.6. The third kappa shape index (κ3) is 5.27. The van der Waals surface area contributed by atoms with E-state index in [-0.39, 0.29) is 16.2 Å². The van der Waals surface area contributed by atoms with Gasteiger partial charge in [0.2, 0.25) is 0 Å². The lowest BCUT2D eigenvalue weighted by molar-refractivity contribution is 0.331. The summed E-state index contributed by atoms with van der Waals surface area (Å²) in [5.74, 6) is 0. The molecule has 2 heteroatoms. The third-order valence-corrected chi connectivity index (χ3v) is 18.1. The maximum atomic E-state index is 2.67. The fraction of sp³-hybridized carbons (Fsp3) is 0.182.